The van der Waals surface area contributed by atoms with E-state index < -0.39 is 11.9 Å². The Kier molecular flexibility index (Phi) is 6.63. The van der Waals surface area contributed by atoms with Crippen LogP contribution in [0.25, 0.3) is 5.57 Å². The van der Waals surface area contributed by atoms with E-state index in [1.54, 1.807) is 6.92 Å². The average molecular weight is 358 g/mol. The summed E-state index contributed by atoms with van der Waals surface area (Å²) in [5.74, 6) is -0.975. The van der Waals surface area contributed by atoms with Crippen LogP contribution in [0.4, 0.5) is 0 Å². The molecular weight excluding hydrogens is 328 g/mol. The molecule has 0 fully saturated rings. The smallest absolute Gasteiger partial charge is 0.306 e. The van der Waals surface area contributed by atoms with Crippen LogP contribution in [0.5, 0.6) is 0 Å². The van der Waals surface area contributed by atoms with Crippen molar-refractivity contribution in [3.63, 3.8) is 0 Å². The molecule has 1 aromatic rings. The second-order valence-corrected chi connectivity index (χ2v) is 7.49. The lowest BCUT2D eigenvalue weighted by atomic mass is 9.76. The van der Waals surface area contributed by atoms with Gasteiger partial charge in [-0.3, -0.25) is 9.59 Å². The highest BCUT2D eigenvalue weighted by molar-refractivity contribution is 6.23. The van der Waals surface area contributed by atoms with Gasteiger partial charge in [0.2, 0.25) is 0 Å². The molecule has 0 spiro atoms. The highest BCUT2D eigenvalue weighted by atomic mass is 16.5. The van der Waals surface area contributed by atoms with Crippen LogP contribution < -0.4 is 0 Å². The molecule has 2 unspecified atom stereocenters. The van der Waals surface area contributed by atoms with Crippen molar-refractivity contribution in [3.05, 3.63) is 40.1 Å². The van der Waals surface area contributed by atoms with Crippen LogP contribution in [-0.4, -0.2) is 23.5 Å². The molecule has 0 aliphatic heterocycles. The number of hydrogen-bond donors (Lipinski definition) is 1. The van der Waals surface area contributed by atoms with E-state index >= 15 is 0 Å². The normalized spacial score (nSPS) is 18.8. The van der Waals surface area contributed by atoms with E-state index in [2.05, 4.69) is 19.1 Å². The minimum absolute atomic E-state index is 0.00379. The molecule has 0 radical (unpaired) electrons. The lowest BCUT2D eigenvalue weighted by Crippen LogP contribution is -2.29. The summed E-state index contributed by atoms with van der Waals surface area (Å²) in [5, 5.41) is 9.35. The molecule has 0 saturated heterocycles. The number of Topliss-reactive ketones (excluding diaryl/α,β-unsaturated/α-hetero) is 1. The maximum Gasteiger partial charge on any atom is 0.306 e. The first kappa shape index (κ1) is 20.2. The van der Waals surface area contributed by atoms with Gasteiger partial charge in [0.05, 0.1) is 18.1 Å². The van der Waals surface area contributed by atoms with E-state index in [9.17, 15) is 14.7 Å². The molecule has 2 rings (SSSR count). The molecule has 4 nitrogen and oxygen atoms in total. The molecular formula is C22H30O4. The lowest BCUT2D eigenvalue weighted by Gasteiger charge is -2.30. The number of hydrogen-bond acceptors (Lipinski definition) is 3. The first-order valence-electron chi connectivity index (χ1n) is 9.46. The van der Waals surface area contributed by atoms with Gasteiger partial charge in [-0.25, -0.2) is 0 Å². The van der Waals surface area contributed by atoms with E-state index in [-0.39, 0.29) is 18.1 Å². The molecule has 1 aliphatic rings. The largest absolute Gasteiger partial charge is 0.497 e. The highest BCUT2D eigenvalue weighted by Gasteiger charge is 2.36. The Morgan fingerprint density at radius 3 is 2.38 bits per heavy atom. The van der Waals surface area contributed by atoms with E-state index in [0.29, 0.717) is 24.4 Å². The number of carbonyl (C=O) groups is 2. The molecule has 0 bridgehead atoms. The summed E-state index contributed by atoms with van der Waals surface area (Å²) in [7, 11) is 0. The zero-order valence-corrected chi connectivity index (χ0v) is 16.5. The molecule has 1 N–H and O–H groups in total. The maximum absolute atomic E-state index is 13.0. The average Bonchev–Trinajstić information content (AvgIpc) is 2.55. The molecule has 4 heteroatoms. The third-order valence-electron chi connectivity index (χ3n) is 5.25. The summed E-state index contributed by atoms with van der Waals surface area (Å²) in [6, 6.07) is 4.16. The van der Waals surface area contributed by atoms with E-state index in [0.717, 1.165) is 29.5 Å². The summed E-state index contributed by atoms with van der Waals surface area (Å²) in [5.41, 5.74) is 4.90. The highest BCUT2D eigenvalue weighted by Crippen LogP contribution is 2.39. The topological polar surface area (TPSA) is 63.6 Å². The summed E-state index contributed by atoms with van der Waals surface area (Å²) in [6.45, 7) is 10.4. The summed E-state index contributed by atoms with van der Waals surface area (Å²) < 4.78 is 6.03. The van der Waals surface area contributed by atoms with Crippen LogP contribution >= 0.6 is 0 Å². The Morgan fingerprint density at radius 2 is 1.85 bits per heavy atom. The minimum atomic E-state index is -0.859. The molecule has 0 saturated carbocycles. The Bertz CT molecular complexity index is 707. The molecule has 0 amide bonds. The number of rotatable bonds is 7. The number of carbonyl (C=O) groups excluding carboxylic acids is 1. The lowest BCUT2D eigenvalue weighted by molar-refractivity contribution is -0.143. The number of aliphatic carboxylic acids is 1. The standard InChI is InChI=1S/C22H30O4/c1-6-7-8-26-19-12-17(16(5)22(24)25)11-18(23)21(19)20-14(3)9-13(2)10-15(20)4/h9-10,16-17H,6-8,11-12H2,1-5H3,(H,24,25). The van der Waals surface area contributed by atoms with E-state index in [1.165, 1.54) is 5.56 Å². The predicted octanol–water partition coefficient (Wildman–Crippen LogP) is 4.84. The maximum atomic E-state index is 13.0. The Hall–Kier alpha value is -2.10. The van der Waals surface area contributed by atoms with Gasteiger partial charge >= 0.3 is 5.97 Å². The first-order chi connectivity index (χ1) is 12.3. The third kappa shape index (κ3) is 4.35. The fourth-order valence-corrected chi connectivity index (χ4v) is 3.79. The third-order valence-corrected chi connectivity index (χ3v) is 5.25. The van der Waals surface area contributed by atoms with Crippen LogP contribution in [0.2, 0.25) is 0 Å². The van der Waals surface area contributed by atoms with Crippen molar-refractivity contribution in [2.75, 3.05) is 6.61 Å². The SMILES string of the molecule is CCCCOC1=C(c2c(C)cc(C)cc2C)C(=O)CC(C(C)C(=O)O)C1. The fourth-order valence-electron chi connectivity index (χ4n) is 3.79. The van der Waals surface area contributed by atoms with Crippen molar-refractivity contribution >= 4 is 17.3 Å². The summed E-state index contributed by atoms with van der Waals surface area (Å²) in [4.78, 5) is 24.4. The monoisotopic (exact) mass is 358 g/mol. The fraction of sp³-hybridized carbons (Fsp3) is 0.545. The Labute approximate surface area is 156 Å². The molecule has 142 valence electrons. The van der Waals surface area contributed by atoms with Crippen molar-refractivity contribution < 1.29 is 19.4 Å². The van der Waals surface area contributed by atoms with Crippen molar-refractivity contribution in [1.82, 2.24) is 0 Å². The minimum Gasteiger partial charge on any atom is -0.497 e. The Balaban J connectivity index is 2.51. The number of aryl methyl sites for hydroxylation is 3. The van der Waals surface area contributed by atoms with E-state index in [1.807, 2.05) is 20.8 Å². The predicted molar refractivity (Wildman–Crippen MR) is 103 cm³/mol. The number of unbranched alkanes of at least 4 members (excludes halogenated alkanes) is 1. The second-order valence-electron chi connectivity index (χ2n) is 7.49. The number of benzene rings is 1. The molecule has 1 aromatic carbocycles. The van der Waals surface area contributed by atoms with Crippen LogP contribution in [0.15, 0.2) is 17.9 Å². The van der Waals surface area contributed by atoms with Gasteiger partial charge in [0.15, 0.2) is 5.78 Å². The zero-order valence-electron chi connectivity index (χ0n) is 16.5. The molecule has 2 atom stereocenters. The quantitative estimate of drug-likeness (QED) is 0.709. The number of ether oxygens (including phenoxy) is 1. The molecule has 26 heavy (non-hydrogen) atoms. The molecule has 0 aromatic heterocycles. The van der Waals surface area contributed by atoms with Crippen LogP contribution in [0, 0.1) is 32.6 Å². The van der Waals surface area contributed by atoms with Crippen molar-refractivity contribution in [2.45, 2.75) is 60.3 Å². The number of carboxylic acids is 1. The van der Waals surface area contributed by atoms with Gasteiger partial charge in [-0.2, -0.15) is 0 Å². The van der Waals surface area contributed by atoms with Gasteiger partial charge < -0.3 is 9.84 Å². The molecule has 0 heterocycles. The second kappa shape index (κ2) is 8.52. The summed E-state index contributed by atoms with van der Waals surface area (Å²) in [6.07, 6.45) is 2.69. The van der Waals surface area contributed by atoms with E-state index in [4.69, 9.17) is 4.74 Å². The van der Waals surface area contributed by atoms with Crippen molar-refractivity contribution in [1.29, 1.82) is 0 Å². The number of carboxylic acid groups (broad SMARTS) is 1. The Morgan fingerprint density at radius 1 is 1.23 bits per heavy atom. The van der Waals surface area contributed by atoms with Crippen LogP contribution in [-0.2, 0) is 14.3 Å². The van der Waals surface area contributed by atoms with Gasteiger partial charge in [-0.05, 0) is 49.8 Å². The van der Waals surface area contributed by atoms with Gasteiger partial charge in [0, 0.05) is 12.8 Å². The van der Waals surface area contributed by atoms with Gasteiger partial charge in [0.1, 0.15) is 5.76 Å². The van der Waals surface area contributed by atoms with Crippen molar-refractivity contribution in [3.8, 4) is 0 Å². The summed E-state index contributed by atoms with van der Waals surface area (Å²) >= 11 is 0. The van der Waals surface area contributed by atoms with Gasteiger partial charge in [0.25, 0.3) is 0 Å². The van der Waals surface area contributed by atoms with Crippen LogP contribution in [0.1, 0.15) is 61.8 Å². The van der Waals surface area contributed by atoms with Crippen LogP contribution in [0.3, 0.4) is 0 Å². The molecule has 1 aliphatic carbocycles. The van der Waals surface area contributed by atoms with Gasteiger partial charge in [-0.15, -0.1) is 0 Å². The number of allylic oxidation sites excluding steroid dienone is 2. The number of ketones is 1. The first-order valence-corrected chi connectivity index (χ1v) is 9.46. The zero-order chi connectivity index (χ0) is 19.4. The van der Waals surface area contributed by atoms with Gasteiger partial charge in [-0.1, -0.05) is 38.0 Å². The van der Waals surface area contributed by atoms with Crippen molar-refractivity contribution in [2.24, 2.45) is 11.8 Å².